The van der Waals surface area contributed by atoms with E-state index in [4.69, 9.17) is 5.11 Å². The third-order valence-electron chi connectivity index (χ3n) is 2.92. The molecule has 0 aromatic heterocycles. The van der Waals surface area contributed by atoms with Crippen LogP contribution in [0, 0.1) is 15.4 Å². The van der Waals surface area contributed by atoms with Crippen molar-refractivity contribution in [1.29, 1.82) is 0 Å². The fraction of sp³-hybridized carbons (Fsp3) is 0.467. The van der Waals surface area contributed by atoms with Crippen molar-refractivity contribution in [1.82, 2.24) is 5.32 Å². The molecular formula is C15H21IN2O3. The minimum absolute atomic E-state index is 0.0510. The Morgan fingerprint density at radius 1 is 1.24 bits per heavy atom. The third-order valence-corrected chi connectivity index (χ3v) is 3.64. The first kappa shape index (κ1) is 17.7. The lowest BCUT2D eigenvalue weighted by atomic mass is 9.94. The van der Waals surface area contributed by atoms with Gasteiger partial charge in [0, 0.05) is 22.2 Å². The van der Waals surface area contributed by atoms with Crippen molar-refractivity contribution in [3.8, 4) is 0 Å². The molecule has 0 saturated heterocycles. The number of carboxylic acid groups (broad SMARTS) is 1. The van der Waals surface area contributed by atoms with Gasteiger partial charge < -0.3 is 15.7 Å². The van der Waals surface area contributed by atoms with Gasteiger partial charge in [0.05, 0.1) is 0 Å². The van der Waals surface area contributed by atoms with Crippen LogP contribution in [0.2, 0.25) is 0 Å². The van der Waals surface area contributed by atoms with Gasteiger partial charge in [-0.25, -0.2) is 4.79 Å². The predicted molar refractivity (Wildman–Crippen MR) is 91.4 cm³/mol. The maximum absolute atomic E-state index is 11.8. The predicted octanol–water partition coefficient (Wildman–Crippen LogP) is 3.55. The van der Waals surface area contributed by atoms with E-state index in [2.05, 4.69) is 33.2 Å². The minimum atomic E-state index is -0.833. The van der Waals surface area contributed by atoms with Crippen LogP contribution < -0.4 is 10.6 Å². The maximum Gasteiger partial charge on any atom is 0.319 e. The Labute approximate surface area is 138 Å². The molecule has 0 aliphatic heterocycles. The number of carboxylic acids is 1. The second-order valence-electron chi connectivity index (χ2n) is 5.44. The topological polar surface area (TPSA) is 78.4 Å². The Morgan fingerprint density at radius 2 is 1.86 bits per heavy atom. The van der Waals surface area contributed by atoms with E-state index < -0.39 is 5.97 Å². The summed E-state index contributed by atoms with van der Waals surface area (Å²) in [4.78, 5) is 22.6. The molecule has 0 saturated carbocycles. The molecule has 1 rings (SSSR count). The molecule has 0 aliphatic carbocycles. The lowest BCUT2D eigenvalue weighted by Crippen LogP contribution is -2.34. The highest BCUT2D eigenvalue weighted by Gasteiger charge is 2.16. The van der Waals surface area contributed by atoms with Gasteiger partial charge >= 0.3 is 12.0 Å². The van der Waals surface area contributed by atoms with E-state index in [0.717, 1.165) is 9.99 Å². The van der Waals surface area contributed by atoms with E-state index in [1.807, 2.05) is 38.1 Å². The first-order valence-electron chi connectivity index (χ1n) is 6.89. The van der Waals surface area contributed by atoms with Crippen molar-refractivity contribution in [2.75, 3.05) is 11.9 Å². The van der Waals surface area contributed by atoms with Crippen LogP contribution in [0.5, 0.6) is 0 Å². The number of hydrogen-bond acceptors (Lipinski definition) is 2. The van der Waals surface area contributed by atoms with E-state index >= 15 is 0 Å². The molecule has 5 nitrogen and oxygen atoms in total. The van der Waals surface area contributed by atoms with E-state index in [0.29, 0.717) is 18.2 Å². The average Bonchev–Trinajstić information content (AvgIpc) is 2.37. The van der Waals surface area contributed by atoms with Crippen LogP contribution in [0.1, 0.15) is 26.7 Å². The van der Waals surface area contributed by atoms with Crippen LogP contribution in [-0.4, -0.2) is 23.7 Å². The highest BCUT2D eigenvalue weighted by Crippen LogP contribution is 2.15. The van der Waals surface area contributed by atoms with Gasteiger partial charge in [-0.2, -0.15) is 0 Å². The molecular weight excluding hydrogens is 383 g/mol. The smallest absolute Gasteiger partial charge is 0.319 e. The number of hydrogen-bond donors (Lipinski definition) is 3. The Balaban J connectivity index is 2.44. The van der Waals surface area contributed by atoms with Gasteiger partial charge in [-0.05, 0) is 65.1 Å². The largest absolute Gasteiger partial charge is 0.481 e. The first-order chi connectivity index (χ1) is 9.86. The molecule has 1 atom stereocenters. The Hall–Kier alpha value is -1.31. The molecule has 0 bridgehead atoms. The van der Waals surface area contributed by atoms with Crippen molar-refractivity contribution >= 4 is 40.3 Å². The fourth-order valence-electron chi connectivity index (χ4n) is 2.10. The van der Waals surface area contributed by atoms with E-state index in [9.17, 15) is 9.59 Å². The third kappa shape index (κ3) is 7.89. The van der Waals surface area contributed by atoms with Crippen LogP contribution in [-0.2, 0) is 4.79 Å². The van der Waals surface area contributed by atoms with Gasteiger partial charge in [-0.15, -0.1) is 0 Å². The Morgan fingerprint density at radius 3 is 2.38 bits per heavy atom. The van der Waals surface area contributed by atoms with Gasteiger partial charge in [-0.3, -0.25) is 4.79 Å². The van der Waals surface area contributed by atoms with Crippen LogP contribution >= 0.6 is 22.6 Å². The highest BCUT2D eigenvalue weighted by molar-refractivity contribution is 14.1. The van der Waals surface area contributed by atoms with Crippen molar-refractivity contribution in [3.63, 3.8) is 0 Å². The number of halogens is 1. The molecule has 0 spiro atoms. The molecule has 21 heavy (non-hydrogen) atoms. The van der Waals surface area contributed by atoms with Gasteiger partial charge in [0.2, 0.25) is 0 Å². The second kappa shape index (κ2) is 8.86. The van der Waals surface area contributed by atoms with Crippen LogP contribution in [0.25, 0.3) is 0 Å². The lowest BCUT2D eigenvalue weighted by Gasteiger charge is -2.18. The Kier molecular flexibility index (Phi) is 7.49. The van der Waals surface area contributed by atoms with Gasteiger partial charge in [0.1, 0.15) is 0 Å². The molecule has 0 heterocycles. The summed E-state index contributed by atoms with van der Waals surface area (Å²) in [5.41, 5.74) is 0.714. The van der Waals surface area contributed by atoms with Gasteiger partial charge in [0.25, 0.3) is 0 Å². The molecule has 3 N–H and O–H groups in total. The molecule has 6 heteroatoms. The summed E-state index contributed by atoms with van der Waals surface area (Å²) < 4.78 is 1.09. The average molecular weight is 404 g/mol. The molecule has 0 unspecified atom stereocenters. The van der Waals surface area contributed by atoms with E-state index in [1.165, 1.54) is 0 Å². The molecule has 0 aliphatic rings. The summed E-state index contributed by atoms with van der Waals surface area (Å²) in [5.74, 6) is -0.485. The molecule has 116 valence electrons. The van der Waals surface area contributed by atoms with E-state index in [-0.39, 0.29) is 18.4 Å². The highest BCUT2D eigenvalue weighted by atomic mass is 127. The van der Waals surface area contributed by atoms with Crippen molar-refractivity contribution in [3.05, 3.63) is 27.8 Å². The van der Waals surface area contributed by atoms with E-state index in [1.54, 1.807) is 0 Å². The number of anilines is 1. The van der Waals surface area contributed by atoms with Gasteiger partial charge in [-0.1, -0.05) is 13.8 Å². The van der Waals surface area contributed by atoms with Crippen LogP contribution in [0.3, 0.4) is 0 Å². The number of carbonyl (C=O) groups is 2. The van der Waals surface area contributed by atoms with Crippen LogP contribution in [0.4, 0.5) is 10.5 Å². The maximum atomic E-state index is 11.8. The van der Waals surface area contributed by atoms with Gasteiger partial charge in [0.15, 0.2) is 0 Å². The van der Waals surface area contributed by atoms with Crippen LogP contribution in [0.15, 0.2) is 24.3 Å². The zero-order valence-corrected chi connectivity index (χ0v) is 14.4. The number of rotatable bonds is 7. The minimum Gasteiger partial charge on any atom is -0.481 e. The molecule has 1 aromatic rings. The first-order valence-corrected chi connectivity index (χ1v) is 7.97. The number of amides is 2. The number of benzene rings is 1. The number of aliphatic carboxylic acids is 1. The number of urea groups is 1. The normalized spacial score (nSPS) is 12.0. The SMILES string of the molecule is CC(C)C[C@H](CNC(=O)Nc1ccc(I)cc1)CC(=O)O. The van der Waals surface area contributed by atoms with Crippen molar-refractivity contribution < 1.29 is 14.7 Å². The zero-order valence-electron chi connectivity index (χ0n) is 12.2. The summed E-state index contributed by atoms with van der Waals surface area (Å²) >= 11 is 2.19. The molecule has 0 radical (unpaired) electrons. The summed E-state index contributed by atoms with van der Waals surface area (Å²) in [6, 6.07) is 7.15. The molecule has 1 aromatic carbocycles. The summed E-state index contributed by atoms with van der Waals surface area (Å²) in [5, 5.41) is 14.4. The molecule has 0 fully saturated rings. The number of nitrogens with one attached hydrogen (secondary N) is 2. The second-order valence-corrected chi connectivity index (χ2v) is 6.68. The van der Waals surface area contributed by atoms with Crippen molar-refractivity contribution in [2.45, 2.75) is 26.7 Å². The summed E-state index contributed by atoms with van der Waals surface area (Å²) in [7, 11) is 0. The Bertz CT molecular complexity index is 474. The summed E-state index contributed by atoms with van der Waals surface area (Å²) in [6.07, 6.45) is 0.845. The lowest BCUT2D eigenvalue weighted by molar-refractivity contribution is -0.138. The fourth-order valence-corrected chi connectivity index (χ4v) is 2.46. The summed E-state index contributed by atoms with van der Waals surface area (Å²) in [6.45, 7) is 4.45. The monoisotopic (exact) mass is 404 g/mol. The van der Waals surface area contributed by atoms with Crippen molar-refractivity contribution in [2.24, 2.45) is 11.8 Å². The standard InChI is InChI=1S/C15H21IN2O3/c1-10(2)7-11(8-14(19)20)9-17-15(21)18-13-5-3-12(16)4-6-13/h3-6,10-11H,7-9H2,1-2H3,(H,19,20)(H2,17,18,21)/t11-/m0/s1. The zero-order chi connectivity index (χ0) is 15.8. The number of carbonyl (C=O) groups excluding carboxylic acids is 1. The molecule has 2 amide bonds. The quantitative estimate of drug-likeness (QED) is 0.609.